The summed E-state index contributed by atoms with van der Waals surface area (Å²) in [5.41, 5.74) is -3.43. The van der Waals surface area contributed by atoms with Gasteiger partial charge in [-0.15, -0.1) is 0 Å². The van der Waals surface area contributed by atoms with Gasteiger partial charge in [-0.1, -0.05) is 6.07 Å². The van der Waals surface area contributed by atoms with Crippen molar-refractivity contribution in [2.75, 3.05) is 31.1 Å². The van der Waals surface area contributed by atoms with Crippen molar-refractivity contribution in [1.29, 1.82) is 0 Å². The van der Waals surface area contributed by atoms with Gasteiger partial charge in [-0.05, 0) is 45.7 Å². The minimum absolute atomic E-state index is 0.0422. The maximum atomic E-state index is 13.5. The molecule has 0 spiro atoms. The van der Waals surface area contributed by atoms with Crippen LogP contribution in [0.5, 0.6) is 11.6 Å². The molecule has 0 saturated carbocycles. The van der Waals surface area contributed by atoms with E-state index in [9.17, 15) is 37.4 Å². The van der Waals surface area contributed by atoms with E-state index in [1.165, 1.54) is 17.0 Å². The number of nitrogens with one attached hydrogen (secondary N) is 1. The van der Waals surface area contributed by atoms with Crippen LogP contribution in [0.2, 0.25) is 0 Å². The molecule has 2 aromatic rings. The Kier molecular flexibility index (Phi) is 8.34. The van der Waals surface area contributed by atoms with Crippen LogP contribution < -0.4 is 15.0 Å². The number of nitrogens with zero attached hydrogens (tertiary/aromatic N) is 4. The van der Waals surface area contributed by atoms with Crippen LogP contribution in [0.1, 0.15) is 39.3 Å². The predicted molar refractivity (Wildman–Crippen MR) is 127 cm³/mol. The first kappa shape index (κ1) is 28.9. The molecule has 1 aliphatic heterocycles. The van der Waals surface area contributed by atoms with Gasteiger partial charge in [0.05, 0.1) is 5.60 Å². The van der Waals surface area contributed by atoms with Gasteiger partial charge in [-0.25, -0.2) is 14.2 Å². The van der Waals surface area contributed by atoms with Crippen molar-refractivity contribution in [2.24, 2.45) is 0 Å². The third-order valence-corrected chi connectivity index (χ3v) is 5.93. The number of benzene rings is 1. The molecule has 14 heteroatoms. The number of alkyl halides is 3. The van der Waals surface area contributed by atoms with Gasteiger partial charge in [0.2, 0.25) is 17.7 Å². The minimum Gasteiger partial charge on any atom is -0.465 e. The molecule has 0 aliphatic carbocycles. The van der Waals surface area contributed by atoms with Crippen LogP contribution >= 0.6 is 0 Å². The first-order valence-electron chi connectivity index (χ1n) is 11.7. The molecule has 0 atom stereocenters. The molecule has 1 aliphatic rings. The van der Waals surface area contributed by atoms with Crippen LogP contribution in [0.25, 0.3) is 0 Å². The lowest BCUT2D eigenvalue weighted by atomic mass is 9.91. The maximum Gasteiger partial charge on any atom is 0.433 e. The van der Waals surface area contributed by atoms with E-state index in [0.717, 1.165) is 17.0 Å². The number of aliphatic hydroxyl groups is 1. The van der Waals surface area contributed by atoms with E-state index in [0.29, 0.717) is 6.07 Å². The summed E-state index contributed by atoms with van der Waals surface area (Å²) in [6.45, 7) is 4.46. The van der Waals surface area contributed by atoms with E-state index < -0.39 is 53.3 Å². The van der Waals surface area contributed by atoms with Gasteiger partial charge >= 0.3 is 12.3 Å². The van der Waals surface area contributed by atoms with Crippen LogP contribution in [-0.4, -0.2) is 74.4 Å². The number of carbonyl (C=O) groups is 2. The Morgan fingerprint density at radius 1 is 1.16 bits per heavy atom. The van der Waals surface area contributed by atoms with Crippen LogP contribution in [0.4, 0.5) is 28.3 Å². The Hall–Kier alpha value is -3.68. The molecular formula is C24H29F4N5O5. The number of aromatic nitrogens is 2. The molecule has 3 N–H and O–H groups in total. The summed E-state index contributed by atoms with van der Waals surface area (Å²) in [6.07, 6.45) is -5.93. The topological polar surface area (TPSA) is 128 Å². The molecule has 38 heavy (non-hydrogen) atoms. The van der Waals surface area contributed by atoms with E-state index in [1.54, 1.807) is 20.8 Å². The second kappa shape index (κ2) is 11.0. The third kappa shape index (κ3) is 7.66. The lowest BCUT2D eigenvalue weighted by molar-refractivity contribution is -0.141. The Morgan fingerprint density at radius 3 is 2.37 bits per heavy atom. The molecule has 0 radical (unpaired) electrons. The standard InChI is InChI=1S/C24H29F4N5O5/c1-22(2,3)33(21(35)36)13-18(34)29-14-23(37)7-9-32(10-8-23)20-30-17(24(26,27)28)12-19(31-20)38-16-6-4-5-15(25)11-16/h4-6,11-12,37H,7-10,13-14H2,1-3H3,(H,29,34)(H,35,36). The molecule has 2 heterocycles. The fraction of sp³-hybridized carbons (Fsp3) is 0.500. The molecule has 2 amide bonds. The van der Waals surface area contributed by atoms with E-state index in [4.69, 9.17) is 4.74 Å². The third-order valence-electron chi connectivity index (χ3n) is 5.93. The van der Waals surface area contributed by atoms with Crippen molar-refractivity contribution in [2.45, 2.75) is 50.9 Å². The van der Waals surface area contributed by atoms with E-state index in [1.807, 2.05) is 0 Å². The number of anilines is 1. The molecule has 0 unspecified atom stereocenters. The molecule has 10 nitrogen and oxygen atoms in total. The summed E-state index contributed by atoms with van der Waals surface area (Å²) >= 11 is 0. The Morgan fingerprint density at radius 2 is 1.82 bits per heavy atom. The van der Waals surface area contributed by atoms with E-state index >= 15 is 0 Å². The van der Waals surface area contributed by atoms with Gasteiger partial charge in [0.1, 0.15) is 18.1 Å². The van der Waals surface area contributed by atoms with Crippen molar-refractivity contribution in [3.63, 3.8) is 0 Å². The molecule has 1 saturated heterocycles. The predicted octanol–water partition coefficient (Wildman–Crippen LogP) is 3.65. The maximum absolute atomic E-state index is 13.5. The van der Waals surface area contributed by atoms with Crippen molar-refractivity contribution in [3.05, 3.63) is 41.8 Å². The first-order chi connectivity index (χ1) is 17.6. The normalized spacial score (nSPS) is 15.6. The first-order valence-corrected chi connectivity index (χ1v) is 11.7. The number of amides is 2. The Bertz CT molecular complexity index is 1160. The molecule has 3 rings (SSSR count). The number of rotatable bonds is 7. The molecule has 1 aromatic heterocycles. The smallest absolute Gasteiger partial charge is 0.433 e. The number of hydrogen-bond acceptors (Lipinski definition) is 7. The number of carbonyl (C=O) groups excluding carboxylic acids is 1. The van der Waals surface area contributed by atoms with Gasteiger partial charge in [-0.2, -0.15) is 18.2 Å². The Labute approximate surface area is 216 Å². The second-order valence-electron chi connectivity index (χ2n) is 9.98. The summed E-state index contributed by atoms with van der Waals surface area (Å²) in [5.74, 6) is -1.98. The molecule has 1 fully saturated rings. The summed E-state index contributed by atoms with van der Waals surface area (Å²) in [5, 5.41) is 22.8. The quantitative estimate of drug-likeness (QED) is 0.452. The average molecular weight is 544 g/mol. The van der Waals surface area contributed by atoms with Crippen LogP contribution in [0.15, 0.2) is 30.3 Å². The highest BCUT2D eigenvalue weighted by molar-refractivity contribution is 5.82. The van der Waals surface area contributed by atoms with Crippen molar-refractivity contribution in [3.8, 4) is 11.6 Å². The van der Waals surface area contributed by atoms with E-state index in [2.05, 4.69) is 15.3 Å². The zero-order chi connectivity index (χ0) is 28.3. The fourth-order valence-electron chi connectivity index (χ4n) is 3.76. The zero-order valence-corrected chi connectivity index (χ0v) is 21.0. The highest BCUT2D eigenvalue weighted by Gasteiger charge is 2.37. The number of carboxylic acid groups (broad SMARTS) is 1. The zero-order valence-electron chi connectivity index (χ0n) is 21.0. The number of hydrogen-bond donors (Lipinski definition) is 3. The SMILES string of the molecule is CC(C)(C)N(CC(=O)NCC1(O)CCN(c2nc(Oc3cccc(F)c3)cc(C(F)(F)F)n2)CC1)C(=O)O. The lowest BCUT2D eigenvalue weighted by Crippen LogP contribution is -2.54. The van der Waals surface area contributed by atoms with Gasteiger partial charge in [0, 0.05) is 37.3 Å². The van der Waals surface area contributed by atoms with Gasteiger partial charge in [0.25, 0.3) is 0 Å². The second-order valence-corrected chi connectivity index (χ2v) is 9.98. The summed E-state index contributed by atoms with van der Waals surface area (Å²) < 4.78 is 59.3. The molecule has 1 aromatic carbocycles. The van der Waals surface area contributed by atoms with E-state index in [-0.39, 0.29) is 44.2 Å². The lowest BCUT2D eigenvalue weighted by Gasteiger charge is -2.38. The number of halogens is 4. The highest BCUT2D eigenvalue weighted by atomic mass is 19.4. The molecule has 0 bridgehead atoms. The average Bonchev–Trinajstić information content (AvgIpc) is 2.80. The fourth-order valence-corrected chi connectivity index (χ4v) is 3.76. The minimum atomic E-state index is -4.80. The van der Waals surface area contributed by atoms with Gasteiger partial charge in [0.15, 0.2) is 5.69 Å². The van der Waals surface area contributed by atoms with Crippen molar-refractivity contribution in [1.82, 2.24) is 20.2 Å². The molecule has 208 valence electrons. The van der Waals surface area contributed by atoms with Gasteiger partial charge < -0.3 is 25.2 Å². The van der Waals surface area contributed by atoms with Crippen LogP contribution in [0, 0.1) is 5.82 Å². The summed E-state index contributed by atoms with van der Waals surface area (Å²) in [4.78, 5) is 33.8. The highest BCUT2D eigenvalue weighted by Crippen LogP contribution is 2.33. The Balaban J connectivity index is 1.67. The van der Waals surface area contributed by atoms with Crippen molar-refractivity contribution >= 4 is 17.9 Å². The summed E-state index contributed by atoms with van der Waals surface area (Å²) in [6, 6.07) is 5.47. The number of piperidine rings is 1. The summed E-state index contributed by atoms with van der Waals surface area (Å²) in [7, 11) is 0. The van der Waals surface area contributed by atoms with Crippen LogP contribution in [0.3, 0.4) is 0 Å². The monoisotopic (exact) mass is 543 g/mol. The number of ether oxygens (including phenoxy) is 1. The van der Waals surface area contributed by atoms with Gasteiger partial charge in [-0.3, -0.25) is 9.69 Å². The largest absolute Gasteiger partial charge is 0.465 e. The van der Waals surface area contributed by atoms with Crippen LogP contribution in [-0.2, 0) is 11.0 Å². The van der Waals surface area contributed by atoms with Crippen molar-refractivity contribution < 1.29 is 42.1 Å². The molecular weight excluding hydrogens is 514 g/mol.